The monoisotopic (exact) mass is 468 g/mol. The zero-order valence-corrected chi connectivity index (χ0v) is 18.3. The summed E-state index contributed by atoms with van der Waals surface area (Å²) < 4.78 is 29.6. The Bertz CT molecular complexity index is 1260. The van der Waals surface area contributed by atoms with Gasteiger partial charge in [0.2, 0.25) is 0 Å². The number of anilines is 2. The van der Waals surface area contributed by atoms with Crippen LogP contribution in [0.1, 0.15) is 34.1 Å². The van der Waals surface area contributed by atoms with E-state index in [-0.39, 0.29) is 48.8 Å². The number of aliphatic hydroxyl groups excluding tert-OH is 2. The van der Waals surface area contributed by atoms with Crippen LogP contribution in [0.2, 0.25) is 0 Å². The van der Waals surface area contributed by atoms with Gasteiger partial charge in [0.15, 0.2) is 0 Å². The molecule has 0 atom stereocenters. The van der Waals surface area contributed by atoms with Crippen LogP contribution in [-0.4, -0.2) is 56.2 Å². The second-order valence-electron chi connectivity index (χ2n) is 8.27. The lowest BCUT2D eigenvalue weighted by Gasteiger charge is -2.30. The summed E-state index contributed by atoms with van der Waals surface area (Å²) in [5.41, 5.74) is 0.0905. The van der Waals surface area contributed by atoms with Gasteiger partial charge in [0.25, 0.3) is 5.91 Å². The fourth-order valence-corrected chi connectivity index (χ4v) is 3.78. The van der Waals surface area contributed by atoms with Gasteiger partial charge in [-0.25, -0.2) is 13.8 Å². The number of nitrogens with one attached hydrogen (secondary N) is 1. The minimum Gasteiger partial charge on any atom is -0.394 e. The molecule has 0 bridgehead atoms. The molecule has 176 valence electrons. The molecule has 4 rings (SSSR count). The predicted octanol–water partition coefficient (Wildman–Crippen LogP) is 1.83. The van der Waals surface area contributed by atoms with E-state index in [2.05, 4.69) is 15.4 Å². The lowest BCUT2D eigenvalue weighted by Crippen LogP contribution is -2.43. The van der Waals surface area contributed by atoms with Gasteiger partial charge in [-0.1, -0.05) is 6.07 Å². The summed E-state index contributed by atoms with van der Waals surface area (Å²) in [6.45, 7) is 0.905. The first kappa shape index (κ1) is 23.3. The van der Waals surface area contributed by atoms with E-state index < -0.39 is 23.1 Å². The van der Waals surface area contributed by atoms with Crippen molar-refractivity contribution in [1.82, 2.24) is 14.8 Å². The van der Waals surface area contributed by atoms with Gasteiger partial charge in [-0.2, -0.15) is 10.4 Å². The molecule has 1 amide bonds. The molecule has 3 heterocycles. The molecule has 0 spiro atoms. The Morgan fingerprint density at radius 3 is 2.59 bits per heavy atom. The third-order valence-electron chi connectivity index (χ3n) is 5.79. The van der Waals surface area contributed by atoms with Crippen molar-refractivity contribution in [3.63, 3.8) is 0 Å². The quantitative estimate of drug-likeness (QED) is 0.483. The number of fused-ring (bicyclic) bond motifs is 1. The molecule has 3 aromatic rings. The Balaban J connectivity index is 1.65. The first-order chi connectivity index (χ1) is 16.3. The van der Waals surface area contributed by atoms with Gasteiger partial charge < -0.3 is 20.4 Å². The maximum absolute atomic E-state index is 14.1. The molecule has 2 aromatic heterocycles. The van der Waals surface area contributed by atoms with E-state index in [1.807, 2.05) is 6.07 Å². The number of rotatable bonds is 7. The van der Waals surface area contributed by atoms with E-state index in [1.54, 1.807) is 6.92 Å². The van der Waals surface area contributed by atoms with Gasteiger partial charge in [-0.15, -0.1) is 0 Å². The SMILES string of the molecule is CC(CO)(CO)Nc1cc(N2CCc3c(cnn3Cc3c(F)cccc3F)C2=O)c(C#N)cn1. The maximum Gasteiger partial charge on any atom is 0.261 e. The smallest absolute Gasteiger partial charge is 0.261 e. The molecule has 1 aromatic carbocycles. The first-order valence-electron chi connectivity index (χ1n) is 10.5. The second kappa shape index (κ2) is 9.17. The minimum absolute atomic E-state index is 0.143. The number of benzene rings is 1. The number of carbonyl (C=O) groups is 1. The number of halogens is 2. The van der Waals surface area contributed by atoms with Crippen LogP contribution in [0.15, 0.2) is 36.7 Å². The van der Waals surface area contributed by atoms with E-state index in [1.165, 1.54) is 34.1 Å². The van der Waals surface area contributed by atoms with Gasteiger partial charge in [0, 0.05) is 30.8 Å². The van der Waals surface area contributed by atoms with Crippen LogP contribution in [0.4, 0.5) is 20.3 Å². The third kappa shape index (κ3) is 4.21. The number of amides is 1. The lowest BCUT2D eigenvalue weighted by molar-refractivity contribution is 0.0980. The zero-order valence-electron chi connectivity index (χ0n) is 18.3. The van der Waals surface area contributed by atoms with Crippen molar-refractivity contribution in [3.8, 4) is 6.07 Å². The number of pyridine rings is 1. The molecular formula is C23H22F2N6O3. The van der Waals surface area contributed by atoms with Crippen molar-refractivity contribution in [1.29, 1.82) is 5.26 Å². The average Bonchev–Trinajstić information content (AvgIpc) is 3.25. The first-order valence-corrected chi connectivity index (χ1v) is 10.5. The number of nitrogens with zero attached hydrogens (tertiary/aromatic N) is 5. The van der Waals surface area contributed by atoms with Crippen LogP contribution in [-0.2, 0) is 13.0 Å². The standard InChI is InChI=1S/C23H22F2N6O3/c1-23(12-32,13-33)29-21-7-20(14(8-26)9-27-21)30-6-5-19-15(22(30)34)10-28-31(19)11-16-17(24)3-2-4-18(16)25/h2-4,7,9-10,32-33H,5-6,11-13H2,1H3,(H,27,29). The Morgan fingerprint density at radius 1 is 1.24 bits per heavy atom. The minimum atomic E-state index is -1.05. The van der Waals surface area contributed by atoms with Crippen LogP contribution in [0.25, 0.3) is 0 Å². The van der Waals surface area contributed by atoms with Gasteiger partial charge >= 0.3 is 0 Å². The highest BCUT2D eigenvalue weighted by Crippen LogP contribution is 2.30. The molecule has 34 heavy (non-hydrogen) atoms. The highest BCUT2D eigenvalue weighted by molar-refractivity contribution is 6.08. The highest BCUT2D eigenvalue weighted by atomic mass is 19.1. The average molecular weight is 468 g/mol. The summed E-state index contributed by atoms with van der Waals surface area (Å²) in [6.07, 6.45) is 3.00. The molecule has 9 nitrogen and oxygen atoms in total. The largest absolute Gasteiger partial charge is 0.394 e. The number of hydrogen-bond acceptors (Lipinski definition) is 7. The second-order valence-corrected chi connectivity index (χ2v) is 8.27. The lowest BCUT2D eigenvalue weighted by atomic mass is 10.0. The molecule has 0 saturated carbocycles. The molecule has 0 fully saturated rings. The molecule has 0 unspecified atom stereocenters. The summed E-state index contributed by atoms with van der Waals surface area (Å²) >= 11 is 0. The molecule has 0 aliphatic carbocycles. The number of aromatic nitrogens is 3. The van der Waals surface area contributed by atoms with E-state index >= 15 is 0 Å². The highest BCUT2D eigenvalue weighted by Gasteiger charge is 2.31. The Kier molecular flexibility index (Phi) is 6.28. The van der Waals surface area contributed by atoms with Crippen molar-refractivity contribution in [3.05, 3.63) is 70.7 Å². The van der Waals surface area contributed by atoms with E-state index in [9.17, 15) is 29.1 Å². The Morgan fingerprint density at radius 2 is 1.94 bits per heavy atom. The molecular weight excluding hydrogens is 446 g/mol. The van der Waals surface area contributed by atoms with Crippen LogP contribution < -0.4 is 10.2 Å². The maximum atomic E-state index is 14.1. The number of carbonyl (C=O) groups excluding carboxylic acids is 1. The van der Waals surface area contributed by atoms with Crippen molar-refractivity contribution in [2.75, 3.05) is 30.0 Å². The summed E-state index contributed by atoms with van der Waals surface area (Å²) in [7, 11) is 0. The van der Waals surface area contributed by atoms with Crippen LogP contribution in [0, 0.1) is 23.0 Å². The van der Waals surface area contributed by atoms with Crippen LogP contribution >= 0.6 is 0 Å². The van der Waals surface area contributed by atoms with Crippen molar-refractivity contribution in [2.24, 2.45) is 0 Å². The van der Waals surface area contributed by atoms with Gasteiger partial charge in [-0.05, 0) is 19.1 Å². The van der Waals surface area contributed by atoms with Gasteiger partial charge in [0.05, 0.1) is 54.0 Å². The molecule has 1 aliphatic heterocycles. The summed E-state index contributed by atoms with van der Waals surface area (Å²) in [5.74, 6) is -1.53. The summed E-state index contributed by atoms with van der Waals surface area (Å²) in [4.78, 5) is 18.8. The number of aliphatic hydroxyl groups is 2. The van der Waals surface area contributed by atoms with E-state index in [4.69, 9.17) is 0 Å². The molecule has 0 saturated heterocycles. The van der Waals surface area contributed by atoms with Gasteiger partial charge in [0.1, 0.15) is 23.5 Å². The fraction of sp³-hybridized carbons (Fsp3) is 0.304. The summed E-state index contributed by atoms with van der Waals surface area (Å²) in [6, 6.07) is 7.13. The van der Waals surface area contributed by atoms with Crippen molar-refractivity contribution in [2.45, 2.75) is 25.4 Å². The molecule has 11 heteroatoms. The molecule has 3 N–H and O–H groups in total. The predicted molar refractivity (Wildman–Crippen MR) is 118 cm³/mol. The number of nitriles is 1. The Hall–Kier alpha value is -3.88. The van der Waals surface area contributed by atoms with Crippen LogP contribution in [0.3, 0.4) is 0 Å². The third-order valence-corrected chi connectivity index (χ3v) is 5.79. The Labute approximate surface area is 193 Å². The van der Waals surface area contributed by atoms with Crippen LogP contribution in [0.5, 0.6) is 0 Å². The molecule has 0 radical (unpaired) electrons. The van der Waals surface area contributed by atoms with Crippen molar-refractivity contribution < 1.29 is 23.8 Å². The van der Waals surface area contributed by atoms with Gasteiger partial charge in [-0.3, -0.25) is 9.48 Å². The normalized spacial score (nSPS) is 13.5. The molecule has 1 aliphatic rings. The fourth-order valence-electron chi connectivity index (χ4n) is 3.78. The van der Waals surface area contributed by atoms with Crippen molar-refractivity contribution >= 4 is 17.4 Å². The number of hydrogen-bond donors (Lipinski definition) is 3. The van der Waals surface area contributed by atoms with E-state index in [0.29, 0.717) is 17.8 Å². The van der Waals surface area contributed by atoms with E-state index in [0.717, 1.165) is 12.1 Å². The zero-order chi connectivity index (χ0) is 24.5. The summed E-state index contributed by atoms with van der Waals surface area (Å²) in [5, 5.41) is 35.7. The topological polar surface area (TPSA) is 127 Å².